The molecule has 0 saturated heterocycles. The van der Waals surface area contributed by atoms with Crippen LogP contribution in [-0.2, 0) is 10.0 Å². The average Bonchev–Trinajstić information content (AvgIpc) is 2.86. The van der Waals surface area contributed by atoms with Crippen molar-refractivity contribution in [3.63, 3.8) is 0 Å². The minimum Gasteiger partial charge on any atom is -0.396 e. The highest BCUT2D eigenvalue weighted by atomic mass is 32.2. The van der Waals surface area contributed by atoms with Crippen LogP contribution in [0.4, 0.5) is 10.1 Å². The molecule has 2 N–H and O–H groups in total. The van der Waals surface area contributed by atoms with Crippen molar-refractivity contribution in [2.24, 2.45) is 0 Å². The van der Waals surface area contributed by atoms with Gasteiger partial charge in [-0.15, -0.1) is 0 Å². The lowest BCUT2D eigenvalue weighted by Gasteiger charge is -2.08. The fourth-order valence-corrected chi connectivity index (χ4v) is 3.45. The lowest BCUT2D eigenvalue weighted by Crippen LogP contribution is -2.12. The Morgan fingerprint density at radius 2 is 1.80 bits per heavy atom. The molecule has 0 atom stereocenters. The quantitative estimate of drug-likeness (QED) is 0.738. The zero-order valence-corrected chi connectivity index (χ0v) is 11.1. The SMILES string of the molecule is Nc1cc(S(=O)(=O)n2ccc3ccccc32)ccc1F. The molecule has 102 valence electrons. The van der Waals surface area contributed by atoms with E-state index in [4.69, 9.17) is 5.73 Å². The van der Waals surface area contributed by atoms with Crippen molar-refractivity contribution in [2.75, 3.05) is 5.73 Å². The Morgan fingerprint density at radius 1 is 1.05 bits per heavy atom. The van der Waals surface area contributed by atoms with Crippen LogP contribution in [0.1, 0.15) is 0 Å². The average molecular weight is 290 g/mol. The van der Waals surface area contributed by atoms with E-state index in [2.05, 4.69) is 0 Å². The van der Waals surface area contributed by atoms with Crippen LogP contribution < -0.4 is 5.73 Å². The number of aromatic nitrogens is 1. The standard InChI is InChI=1S/C14H11FN2O2S/c15-12-6-5-11(9-13(12)16)20(18,19)17-8-7-10-3-1-2-4-14(10)17/h1-9H,16H2. The van der Waals surface area contributed by atoms with Gasteiger partial charge in [0.2, 0.25) is 0 Å². The maximum atomic E-state index is 13.2. The van der Waals surface area contributed by atoms with Crippen LogP contribution in [0.15, 0.2) is 59.6 Å². The van der Waals surface area contributed by atoms with Crippen molar-refractivity contribution < 1.29 is 12.8 Å². The van der Waals surface area contributed by atoms with Crippen molar-refractivity contribution in [3.8, 4) is 0 Å². The Kier molecular flexibility index (Phi) is 2.76. The van der Waals surface area contributed by atoms with Crippen molar-refractivity contribution in [3.05, 3.63) is 60.5 Å². The van der Waals surface area contributed by atoms with Gasteiger partial charge in [-0.1, -0.05) is 18.2 Å². The molecule has 0 spiro atoms. The Balaban J connectivity index is 2.23. The zero-order chi connectivity index (χ0) is 14.3. The second kappa shape index (κ2) is 4.35. The molecule has 6 heteroatoms. The summed E-state index contributed by atoms with van der Waals surface area (Å²) in [6.45, 7) is 0. The third-order valence-corrected chi connectivity index (χ3v) is 4.77. The first-order chi connectivity index (χ1) is 9.50. The summed E-state index contributed by atoms with van der Waals surface area (Å²) < 4.78 is 39.4. The monoisotopic (exact) mass is 290 g/mol. The molecule has 3 rings (SSSR count). The first kappa shape index (κ1) is 12.7. The Hall–Kier alpha value is -2.34. The van der Waals surface area contributed by atoms with Gasteiger partial charge < -0.3 is 5.73 Å². The third kappa shape index (κ3) is 1.85. The summed E-state index contributed by atoms with van der Waals surface area (Å²) >= 11 is 0. The highest BCUT2D eigenvalue weighted by Crippen LogP contribution is 2.24. The van der Waals surface area contributed by atoms with Crippen LogP contribution in [0.2, 0.25) is 0 Å². The number of nitrogens with two attached hydrogens (primary N) is 1. The van der Waals surface area contributed by atoms with E-state index in [0.29, 0.717) is 5.52 Å². The van der Waals surface area contributed by atoms with Crippen LogP contribution in [0, 0.1) is 5.82 Å². The summed E-state index contributed by atoms with van der Waals surface area (Å²) in [6.07, 6.45) is 1.47. The number of nitrogen functional groups attached to an aromatic ring is 1. The predicted octanol–water partition coefficient (Wildman–Crippen LogP) is 2.60. The van der Waals surface area contributed by atoms with E-state index in [1.807, 2.05) is 12.1 Å². The normalized spacial score (nSPS) is 11.8. The second-order valence-electron chi connectivity index (χ2n) is 4.36. The molecule has 1 aromatic heterocycles. The molecule has 1 heterocycles. The second-order valence-corrected chi connectivity index (χ2v) is 6.17. The highest BCUT2D eigenvalue weighted by molar-refractivity contribution is 7.90. The first-order valence-electron chi connectivity index (χ1n) is 5.87. The molecule has 0 aliphatic heterocycles. The number of halogens is 1. The van der Waals surface area contributed by atoms with Crippen LogP contribution in [0.3, 0.4) is 0 Å². The van der Waals surface area contributed by atoms with E-state index in [-0.39, 0.29) is 10.6 Å². The van der Waals surface area contributed by atoms with Crippen molar-refractivity contribution >= 4 is 26.6 Å². The maximum Gasteiger partial charge on any atom is 0.268 e. The van der Waals surface area contributed by atoms with E-state index in [9.17, 15) is 12.8 Å². The lowest BCUT2D eigenvalue weighted by atomic mass is 10.3. The number of para-hydroxylation sites is 1. The van der Waals surface area contributed by atoms with Crippen molar-refractivity contribution in [2.45, 2.75) is 4.90 Å². The maximum absolute atomic E-state index is 13.2. The Labute approximate surface area is 115 Å². The third-order valence-electron chi connectivity index (χ3n) is 3.09. The number of hydrogen-bond acceptors (Lipinski definition) is 3. The van der Waals surface area contributed by atoms with Gasteiger partial charge in [-0.05, 0) is 30.3 Å². The van der Waals surface area contributed by atoms with Crippen molar-refractivity contribution in [1.29, 1.82) is 0 Å². The van der Waals surface area contributed by atoms with E-state index >= 15 is 0 Å². The Bertz CT molecular complexity index is 900. The fraction of sp³-hybridized carbons (Fsp3) is 0. The molecular formula is C14H11FN2O2S. The van der Waals surface area contributed by atoms with Crippen LogP contribution >= 0.6 is 0 Å². The molecule has 4 nitrogen and oxygen atoms in total. The molecule has 0 saturated carbocycles. The summed E-state index contributed by atoms with van der Waals surface area (Å²) in [5.41, 5.74) is 5.81. The van der Waals surface area contributed by atoms with Gasteiger partial charge in [0, 0.05) is 11.6 Å². The smallest absolute Gasteiger partial charge is 0.268 e. The topological polar surface area (TPSA) is 65.1 Å². The molecule has 0 unspecified atom stereocenters. The molecule has 2 aromatic carbocycles. The number of benzene rings is 2. The van der Waals surface area contributed by atoms with Crippen LogP contribution in [-0.4, -0.2) is 12.4 Å². The molecule has 0 aliphatic carbocycles. The van der Waals surface area contributed by atoms with Gasteiger partial charge in [-0.3, -0.25) is 0 Å². The first-order valence-corrected chi connectivity index (χ1v) is 7.31. The number of anilines is 1. The highest BCUT2D eigenvalue weighted by Gasteiger charge is 2.19. The number of fused-ring (bicyclic) bond motifs is 1. The van der Waals surface area contributed by atoms with E-state index in [1.165, 1.54) is 12.3 Å². The van der Waals surface area contributed by atoms with E-state index in [1.54, 1.807) is 18.2 Å². The van der Waals surface area contributed by atoms with Gasteiger partial charge in [0.1, 0.15) is 5.82 Å². The van der Waals surface area contributed by atoms with Crippen LogP contribution in [0.25, 0.3) is 10.9 Å². The number of nitrogens with zero attached hydrogens (tertiary/aromatic N) is 1. The van der Waals surface area contributed by atoms with Crippen molar-refractivity contribution in [1.82, 2.24) is 3.97 Å². The molecule has 20 heavy (non-hydrogen) atoms. The van der Waals surface area contributed by atoms with Gasteiger partial charge in [-0.25, -0.2) is 16.8 Å². The molecular weight excluding hydrogens is 279 g/mol. The zero-order valence-electron chi connectivity index (χ0n) is 10.3. The molecule has 3 aromatic rings. The molecule has 0 fully saturated rings. The number of rotatable bonds is 2. The Morgan fingerprint density at radius 3 is 2.55 bits per heavy atom. The predicted molar refractivity (Wildman–Crippen MR) is 75.3 cm³/mol. The van der Waals surface area contributed by atoms with Gasteiger partial charge in [-0.2, -0.15) is 0 Å². The number of hydrogen-bond donors (Lipinski definition) is 1. The molecule has 0 aliphatic rings. The van der Waals surface area contributed by atoms with E-state index < -0.39 is 15.8 Å². The summed E-state index contributed by atoms with van der Waals surface area (Å²) in [5.74, 6) is -0.638. The van der Waals surface area contributed by atoms with Gasteiger partial charge >= 0.3 is 0 Å². The minimum atomic E-state index is -3.79. The van der Waals surface area contributed by atoms with E-state index in [0.717, 1.165) is 21.5 Å². The molecule has 0 radical (unpaired) electrons. The van der Waals surface area contributed by atoms with Crippen LogP contribution in [0.5, 0.6) is 0 Å². The minimum absolute atomic E-state index is 0.0437. The van der Waals surface area contributed by atoms with Gasteiger partial charge in [0.05, 0.1) is 16.1 Å². The summed E-state index contributed by atoms with van der Waals surface area (Å²) in [4.78, 5) is -0.0437. The molecule has 0 bridgehead atoms. The molecule has 0 amide bonds. The lowest BCUT2D eigenvalue weighted by molar-refractivity contribution is 0.588. The summed E-state index contributed by atoms with van der Waals surface area (Å²) in [5, 5.41) is 0.811. The fourth-order valence-electron chi connectivity index (χ4n) is 2.06. The summed E-state index contributed by atoms with van der Waals surface area (Å²) in [6, 6.07) is 12.2. The van der Waals surface area contributed by atoms with Gasteiger partial charge in [0.25, 0.3) is 10.0 Å². The largest absolute Gasteiger partial charge is 0.396 e. The summed E-state index contributed by atoms with van der Waals surface area (Å²) in [7, 11) is -3.79. The van der Waals surface area contributed by atoms with Gasteiger partial charge in [0.15, 0.2) is 0 Å².